The summed E-state index contributed by atoms with van der Waals surface area (Å²) in [6.07, 6.45) is 3.67. The van der Waals surface area contributed by atoms with E-state index >= 15 is 0 Å². The van der Waals surface area contributed by atoms with Crippen LogP contribution in [0.1, 0.15) is 18.0 Å². The van der Waals surface area contributed by atoms with Crippen molar-refractivity contribution in [2.75, 3.05) is 6.61 Å². The number of para-hydroxylation sites is 1. The second-order valence-corrected chi connectivity index (χ2v) is 4.83. The lowest BCUT2D eigenvalue weighted by atomic mass is 10.0. The summed E-state index contributed by atoms with van der Waals surface area (Å²) in [6, 6.07) is 9.18. The third-order valence-electron chi connectivity index (χ3n) is 3.39. The molecule has 0 unspecified atom stereocenters. The summed E-state index contributed by atoms with van der Waals surface area (Å²) >= 11 is 0. The van der Waals surface area contributed by atoms with Crippen LogP contribution in [0.15, 0.2) is 47.5 Å². The molecule has 1 atom stereocenters. The molecule has 1 N–H and O–H groups in total. The molecule has 0 spiro atoms. The second-order valence-electron chi connectivity index (χ2n) is 4.83. The molecule has 1 aromatic carbocycles. The molecule has 1 aliphatic rings. The van der Waals surface area contributed by atoms with Crippen molar-refractivity contribution in [3.63, 3.8) is 0 Å². The van der Waals surface area contributed by atoms with Crippen molar-refractivity contribution in [2.24, 2.45) is 0 Å². The van der Waals surface area contributed by atoms with Gasteiger partial charge in [-0.15, -0.1) is 0 Å². The van der Waals surface area contributed by atoms with Crippen molar-refractivity contribution in [1.82, 2.24) is 14.9 Å². The molecule has 0 saturated heterocycles. The lowest BCUT2D eigenvalue weighted by Crippen LogP contribution is -2.36. The Labute approximate surface area is 121 Å². The van der Waals surface area contributed by atoms with Gasteiger partial charge in [-0.05, 0) is 12.1 Å². The van der Waals surface area contributed by atoms with Gasteiger partial charge in [0.1, 0.15) is 12.3 Å². The van der Waals surface area contributed by atoms with Crippen LogP contribution in [0.4, 0.5) is 0 Å². The van der Waals surface area contributed by atoms with Gasteiger partial charge >= 0.3 is 5.69 Å². The molecule has 0 aliphatic carbocycles. The third-order valence-corrected chi connectivity index (χ3v) is 3.39. The Kier molecular flexibility index (Phi) is 3.68. The first-order chi connectivity index (χ1) is 10.2. The first kappa shape index (κ1) is 13.4. The summed E-state index contributed by atoms with van der Waals surface area (Å²) in [5.41, 5.74) is 0.538. The van der Waals surface area contributed by atoms with Crippen LogP contribution in [0.2, 0.25) is 0 Å². The summed E-state index contributed by atoms with van der Waals surface area (Å²) < 4.78 is 6.83. The Morgan fingerprint density at radius 3 is 3.10 bits per heavy atom. The van der Waals surface area contributed by atoms with E-state index in [0.717, 1.165) is 11.3 Å². The van der Waals surface area contributed by atoms with E-state index in [1.54, 1.807) is 12.3 Å². The highest BCUT2D eigenvalue weighted by Crippen LogP contribution is 2.31. The molecule has 6 nitrogen and oxygen atoms in total. The van der Waals surface area contributed by atoms with Crippen molar-refractivity contribution in [1.29, 1.82) is 0 Å². The van der Waals surface area contributed by atoms with E-state index in [2.05, 4.69) is 10.3 Å². The molecule has 2 aromatic rings. The number of ether oxygens (including phenoxy) is 1. The summed E-state index contributed by atoms with van der Waals surface area (Å²) in [7, 11) is 0. The predicted octanol–water partition coefficient (Wildman–Crippen LogP) is 0.883. The number of aromatic nitrogens is 2. The number of hydrogen-bond donors (Lipinski definition) is 1. The van der Waals surface area contributed by atoms with Crippen LogP contribution < -0.4 is 15.7 Å². The Hall–Kier alpha value is -2.63. The highest BCUT2D eigenvalue weighted by atomic mass is 16.5. The molecule has 1 amide bonds. The number of benzene rings is 1. The maximum absolute atomic E-state index is 12.1. The van der Waals surface area contributed by atoms with Crippen LogP contribution in [-0.4, -0.2) is 22.1 Å². The van der Waals surface area contributed by atoms with Crippen LogP contribution in [0.5, 0.6) is 5.75 Å². The number of carbonyl (C=O) groups excluding carboxylic acids is 1. The largest absolute Gasteiger partial charge is 0.493 e. The summed E-state index contributed by atoms with van der Waals surface area (Å²) in [5.74, 6) is 0.583. The van der Waals surface area contributed by atoms with Crippen LogP contribution in [-0.2, 0) is 11.3 Å². The Balaban J connectivity index is 1.72. The van der Waals surface area contributed by atoms with Gasteiger partial charge in [-0.1, -0.05) is 18.2 Å². The molecular formula is C15H15N3O3. The molecule has 1 aromatic heterocycles. The van der Waals surface area contributed by atoms with Crippen LogP contribution in [0, 0.1) is 0 Å². The fraction of sp³-hybridized carbons (Fsp3) is 0.267. The SMILES string of the molecule is O=C(Cn1cccnc1=O)N[C@@H]1CCOc2ccccc21. The van der Waals surface area contributed by atoms with Gasteiger partial charge in [0.15, 0.2) is 0 Å². The van der Waals surface area contributed by atoms with Crippen LogP contribution in [0.25, 0.3) is 0 Å². The lowest BCUT2D eigenvalue weighted by Gasteiger charge is -2.26. The van der Waals surface area contributed by atoms with Gasteiger partial charge in [-0.25, -0.2) is 9.78 Å². The van der Waals surface area contributed by atoms with Crippen LogP contribution >= 0.6 is 0 Å². The van der Waals surface area contributed by atoms with E-state index in [9.17, 15) is 9.59 Å². The molecule has 108 valence electrons. The fourth-order valence-corrected chi connectivity index (χ4v) is 2.39. The van der Waals surface area contributed by atoms with Gasteiger partial charge in [0.2, 0.25) is 5.91 Å². The molecule has 2 heterocycles. The second kappa shape index (κ2) is 5.78. The van der Waals surface area contributed by atoms with E-state index in [1.807, 2.05) is 24.3 Å². The number of hydrogen-bond acceptors (Lipinski definition) is 4. The number of nitrogens with one attached hydrogen (secondary N) is 1. The van der Waals surface area contributed by atoms with Gasteiger partial charge in [-0.3, -0.25) is 9.36 Å². The quantitative estimate of drug-likeness (QED) is 0.908. The van der Waals surface area contributed by atoms with E-state index in [4.69, 9.17) is 4.74 Å². The predicted molar refractivity (Wildman–Crippen MR) is 75.9 cm³/mol. The molecular weight excluding hydrogens is 270 g/mol. The molecule has 6 heteroatoms. The lowest BCUT2D eigenvalue weighted by molar-refractivity contribution is -0.122. The Morgan fingerprint density at radius 1 is 1.38 bits per heavy atom. The Morgan fingerprint density at radius 2 is 2.24 bits per heavy atom. The molecule has 0 bridgehead atoms. The monoisotopic (exact) mass is 285 g/mol. The highest BCUT2D eigenvalue weighted by Gasteiger charge is 2.22. The summed E-state index contributed by atoms with van der Waals surface area (Å²) in [6.45, 7) is 0.529. The average molecular weight is 285 g/mol. The number of carbonyl (C=O) groups is 1. The van der Waals surface area contributed by atoms with Crippen molar-refractivity contribution >= 4 is 5.91 Å². The molecule has 0 saturated carbocycles. The molecule has 3 rings (SSSR count). The van der Waals surface area contributed by atoms with Gasteiger partial charge in [0.25, 0.3) is 0 Å². The third kappa shape index (κ3) is 2.94. The minimum Gasteiger partial charge on any atom is -0.493 e. The summed E-state index contributed by atoms with van der Waals surface area (Å²) in [4.78, 5) is 27.2. The maximum Gasteiger partial charge on any atom is 0.347 e. The summed E-state index contributed by atoms with van der Waals surface area (Å²) in [5, 5.41) is 2.94. The maximum atomic E-state index is 12.1. The topological polar surface area (TPSA) is 73.2 Å². The normalized spacial score (nSPS) is 16.7. The number of nitrogens with zero attached hydrogens (tertiary/aromatic N) is 2. The van der Waals surface area contributed by atoms with Crippen molar-refractivity contribution in [2.45, 2.75) is 19.0 Å². The van der Waals surface area contributed by atoms with E-state index < -0.39 is 5.69 Å². The van der Waals surface area contributed by atoms with E-state index in [-0.39, 0.29) is 18.5 Å². The number of amides is 1. The first-order valence-electron chi connectivity index (χ1n) is 6.76. The van der Waals surface area contributed by atoms with Gasteiger partial charge in [0.05, 0.1) is 12.6 Å². The zero-order valence-corrected chi connectivity index (χ0v) is 11.4. The molecule has 1 aliphatic heterocycles. The minimum absolute atomic E-state index is 0.0355. The number of fused-ring (bicyclic) bond motifs is 1. The van der Waals surface area contributed by atoms with E-state index in [0.29, 0.717) is 13.0 Å². The highest BCUT2D eigenvalue weighted by molar-refractivity contribution is 5.76. The van der Waals surface area contributed by atoms with Gasteiger partial charge in [-0.2, -0.15) is 0 Å². The van der Waals surface area contributed by atoms with Gasteiger partial charge in [0, 0.05) is 24.4 Å². The molecule has 0 fully saturated rings. The van der Waals surface area contributed by atoms with Crippen LogP contribution in [0.3, 0.4) is 0 Å². The van der Waals surface area contributed by atoms with Crippen molar-refractivity contribution in [3.05, 3.63) is 58.8 Å². The van der Waals surface area contributed by atoms with Gasteiger partial charge < -0.3 is 10.1 Å². The van der Waals surface area contributed by atoms with E-state index in [1.165, 1.54) is 10.8 Å². The zero-order valence-electron chi connectivity index (χ0n) is 11.4. The molecule has 0 radical (unpaired) electrons. The van der Waals surface area contributed by atoms with Crippen molar-refractivity contribution in [3.8, 4) is 5.75 Å². The smallest absolute Gasteiger partial charge is 0.347 e. The minimum atomic E-state index is -0.431. The first-order valence-corrected chi connectivity index (χ1v) is 6.76. The average Bonchev–Trinajstić information content (AvgIpc) is 2.50. The number of rotatable bonds is 3. The zero-order chi connectivity index (χ0) is 14.7. The molecule has 21 heavy (non-hydrogen) atoms. The van der Waals surface area contributed by atoms with Crippen molar-refractivity contribution < 1.29 is 9.53 Å². The Bertz CT molecular complexity index is 711. The fourth-order valence-electron chi connectivity index (χ4n) is 2.39. The standard InChI is InChI=1S/C15H15N3O3/c19-14(10-18-8-3-7-16-15(18)20)17-12-6-9-21-13-5-2-1-4-11(12)13/h1-5,7-8,12H,6,9-10H2,(H,17,19)/t12-/m1/s1.